The summed E-state index contributed by atoms with van der Waals surface area (Å²) in [5.74, 6) is -1.82. The van der Waals surface area contributed by atoms with Gasteiger partial charge in [0.25, 0.3) is 0 Å². The molecule has 1 aliphatic rings. The molecule has 0 spiro atoms. The van der Waals surface area contributed by atoms with Crippen LogP contribution in [0.25, 0.3) is 0 Å². The SMILES string of the molecule is O=C(Nc1ccc(F)c(S(=O)(=O)N2CCOCC2)c1)C(c1ccccc1)c1ccccc1. The van der Waals surface area contributed by atoms with Gasteiger partial charge in [-0.3, -0.25) is 4.79 Å². The van der Waals surface area contributed by atoms with Gasteiger partial charge >= 0.3 is 0 Å². The lowest BCUT2D eigenvalue weighted by Gasteiger charge is -2.26. The van der Waals surface area contributed by atoms with Crippen molar-refractivity contribution in [3.63, 3.8) is 0 Å². The number of nitrogens with one attached hydrogen (secondary N) is 1. The average Bonchev–Trinajstić information content (AvgIpc) is 2.82. The topological polar surface area (TPSA) is 75.7 Å². The molecular formula is C24H23FN2O4S. The summed E-state index contributed by atoms with van der Waals surface area (Å²) in [6.07, 6.45) is 0. The van der Waals surface area contributed by atoms with Gasteiger partial charge in [-0.1, -0.05) is 60.7 Å². The van der Waals surface area contributed by atoms with Crippen molar-refractivity contribution in [3.05, 3.63) is 95.8 Å². The predicted octanol–water partition coefficient (Wildman–Crippen LogP) is 3.62. The Morgan fingerprint density at radius 3 is 2.03 bits per heavy atom. The lowest BCUT2D eigenvalue weighted by molar-refractivity contribution is -0.116. The molecule has 1 fully saturated rings. The molecule has 1 heterocycles. The number of halogens is 1. The number of anilines is 1. The van der Waals surface area contributed by atoms with Gasteiger partial charge in [0, 0.05) is 18.8 Å². The van der Waals surface area contributed by atoms with Crippen LogP contribution in [0.3, 0.4) is 0 Å². The summed E-state index contributed by atoms with van der Waals surface area (Å²) in [6.45, 7) is 0.825. The zero-order chi connectivity index (χ0) is 22.6. The zero-order valence-electron chi connectivity index (χ0n) is 17.3. The highest BCUT2D eigenvalue weighted by atomic mass is 32.2. The summed E-state index contributed by atoms with van der Waals surface area (Å²) in [4.78, 5) is 12.8. The second-order valence-electron chi connectivity index (χ2n) is 7.41. The number of carbonyl (C=O) groups excluding carboxylic acids is 1. The highest BCUT2D eigenvalue weighted by molar-refractivity contribution is 7.89. The van der Waals surface area contributed by atoms with E-state index in [1.165, 1.54) is 16.4 Å². The summed E-state index contributed by atoms with van der Waals surface area (Å²) in [6, 6.07) is 22.2. The molecule has 0 radical (unpaired) electrons. The van der Waals surface area contributed by atoms with E-state index in [0.717, 1.165) is 17.2 Å². The van der Waals surface area contributed by atoms with Crippen molar-refractivity contribution >= 4 is 21.6 Å². The van der Waals surface area contributed by atoms with Gasteiger partial charge in [0.05, 0.1) is 19.1 Å². The molecule has 3 aromatic rings. The van der Waals surface area contributed by atoms with Gasteiger partial charge in [-0.2, -0.15) is 4.31 Å². The van der Waals surface area contributed by atoms with Crippen LogP contribution in [0.5, 0.6) is 0 Å². The van der Waals surface area contributed by atoms with E-state index in [4.69, 9.17) is 4.74 Å². The first-order valence-electron chi connectivity index (χ1n) is 10.2. The van der Waals surface area contributed by atoms with Crippen molar-refractivity contribution in [3.8, 4) is 0 Å². The van der Waals surface area contributed by atoms with Crippen LogP contribution in [0.4, 0.5) is 10.1 Å². The molecule has 0 aromatic heterocycles. The minimum absolute atomic E-state index is 0.155. The number of hydrogen-bond donors (Lipinski definition) is 1. The Bertz CT molecular complexity index is 1140. The van der Waals surface area contributed by atoms with E-state index in [2.05, 4.69) is 5.32 Å². The molecule has 1 amide bonds. The first kappa shape index (κ1) is 22.1. The molecular weight excluding hydrogens is 431 g/mol. The number of carbonyl (C=O) groups is 1. The molecule has 0 atom stereocenters. The molecule has 8 heteroatoms. The van der Waals surface area contributed by atoms with Crippen molar-refractivity contribution in [2.24, 2.45) is 0 Å². The van der Waals surface area contributed by atoms with Crippen LogP contribution >= 0.6 is 0 Å². The summed E-state index contributed by atoms with van der Waals surface area (Å²) >= 11 is 0. The Morgan fingerprint density at radius 1 is 0.906 bits per heavy atom. The standard InChI is InChI=1S/C24H23FN2O4S/c25-21-12-11-20(17-22(21)32(29,30)27-13-15-31-16-14-27)26-24(28)23(18-7-3-1-4-8-18)19-9-5-2-6-10-19/h1-12,17,23H,13-16H2,(H,26,28). The van der Waals surface area contributed by atoms with Gasteiger partial charge in [0.1, 0.15) is 10.7 Å². The fraction of sp³-hybridized carbons (Fsp3) is 0.208. The van der Waals surface area contributed by atoms with Crippen LogP contribution in [-0.2, 0) is 19.6 Å². The molecule has 32 heavy (non-hydrogen) atoms. The quantitative estimate of drug-likeness (QED) is 0.617. The maximum atomic E-state index is 14.5. The Balaban J connectivity index is 1.64. The normalized spacial score (nSPS) is 14.9. The van der Waals surface area contributed by atoms with Gasteiger partial charge in [0.15, 0.2) is 0 Å². The highest BCUT2D eigenvalue weighted by Gasteiger charge is 2.30. The number of sulfonamides is 1. The summed E-state index contributed by atoms with van der Waals surface area (Å²) < 4.78 is 46.8. The van der Waals surface area contributed by atoms with Gasteiger partial charge in [-0.25, -0.2) is 12.8 Å². The summed E-state index contributed by atoms with van der Waals surface area (Å²) in [5, 5.41) is 2.77. The number of ether oxygens (including phenoxy) is 1. The third-order valence-corrected chi connectivity index (χ3v) is 7.23. The molecule has 0 saturated carbocycles. The van der Waals surface area contributed by atoms with Crippen molar-refractivity contribution in [2.45, 2.75) is 10.8 Å². The van der Waals surface area contributed by atoms with Crippen molar-refractivity contribution in [1.29, 1.82) is 0 Å². The van der Waals surface area contributed by atoms with Crippen molar-refractivity contribution < 1.29 is 22.3 Å². The van der Waals surface area contributed by atoms with Crippen LogP contribution in [0, 0.1) is 5.82 Å². The van der Waals surface area contributed by atoms with E-state index in [-0.39, 0.29) is 37.9 Å². The van der Waals surface area contributed by atoms with Crippen LogP contribution < -0.4 is 5.32 Å². The molecule has 4 rings (SSSR count). The number of benzene rings is 3. The first-order chi connectivity index (χ1) is 15.5. The Kier molecular flexibility index (Phi) is 6.64. The molecule has 3 aromatic carbocycles. The Hall–Kier alpha value is -3.07. The minimum Gasteiger partial charge on any atom is -0.379 e. The van der Waals surface area contributed by atoms with Crippen molar-refractivity contribution in [2.75, 3.05) is 31.6 Å². The lowest BCUT2D eigenvalue weighted by atomic mass is 9.90. The van der Waals surface area contributed by atoms with Crippen molar-refractivity contribution in [1.82, 2.24) is 4.31 Å². The fourth-order valence-electron chi connectivity index (χ4n) is 3.71. The zero-order valence-corrected chi connectivity index (χ0v) is 18.1. The second-order valence-corrected chi connectivity index (χ2v) is 9.31. The highest BCUT2D eigenvalue weighted by Crippen LogP contribution is 2.28. The number of amides is 1. The van der Waals surface area contributed by atoms with E-state index in [0.29, 0.717) is 0 Å². The molecule has 0 unspecified atom stereocenters. The van der Waals surface area contributed by atoms with Gasteiger partial charge in [-0.15, -0.1) is 0 Å². The summed E-state index contributed by atoms with van der Waals surface area (Å²) in [5.41, 5.74) is 1.79. The van der Waals surface area contributed by atoms with E-state index < -0.39 is 26.7 Å². The molecule has 1 aliphatic heterocycles. The van der Waals surface area contributed by atoms with Crippen LogP contribution in [-0.4, -0.2) is 44.9 Å². The minimum atomic E-state index is -4.05. The van der Waals surface area contributed by atoms with Crippen LogP contribution in [0.1, 0.15) is 17.0 Å². The van der Waals surface area contributed by atoms with E-state index in [1.54, 1.807) is 0 Å². The smallest absolute Gasteiger partial charge is 0.246 e. The number of morpholine rings is 1. The lowest BCUT2D eigenvalue weighted by Crippen LogP contribution is -2.40. The molecule has 1 N–H and O–H groups in total. The van der Waals surface area contributed by atoms with Gasteiger partial charge < -0.3 is 10.1 Å². The predicted molar refractivity (Wildman–Crippen MR) is 119 cm³/mol. The third kappa shape index (κ3) is 4.72. The molecule has 6 nitrogen and oxygen atoms in total. The molecule has 0 bridgehead atoms. The largest absolute Gasteiger partial charge is 0.379 e. The number of hydrogen-bond acceptors (Lipinski definition) is 4. The fourth-order valence-corrected chi connectivity index (χ4v) is 5.20. The number of nitrogens with zero attached hydrogens (tertiary/aromatic N) is 1. The molecule has 0 aliphatic carbocycles. The van der Waals surface area contributed by atoms with E-state index in [1.807, 2.05) is 60.7 Å². The third-order valence-electron chi connectivity index (χ3n) is 5.31. The number of rotatable bonds is 6. The average molecular weight is 455 g/mol. The second kappa shape index (κ2) is 9.60. The van der Waals surface area contributed by atoms with E-state index in [9.17, 15) is 17.6 Å². The molecule has 166 valence electrons. The van der Waals surface area contributed by atoms with Crippen LogP contribution in [0.15, 0.2) is 83.8 Å². The molecule has 1 saturated heterocycles. The monoisotopic (exact) mass is 454 g/mol. The first-order valence-corrected chi connectivity index (χ1v) is 11.7. The van der Waals surface area contributed by atoms with Gasteiger partial charge in [0.2, 0.25) is 15.9 Å². The maximum Gasteiger partial charge on any atom is 0.246 e. The van der Waals surface area contributed by atoms with Gasteiger partial charge in [-0.05, 0) is 29.3 Å². The maximum absolute atomic E-state index is 14.5. The van der Waals surface area contributed by atoms with Crippen LogP contribution in [0.2, 0.25) is 0 Å². The van der Waals surface area contributed by atoms with E-state index >= 15 is 0 Å². The summed E-state index contributed by atoms with van der Waals surface area (Å²) in [7, 11) is -4.05. The Morgan fingerprint density at radius 2 is 1.47 bits per heavy atom. The Labute approximate surface area is 186 Å².